The summed E-state index contributed by atoms with van der Waals surface area (Å²) in [6.07, 6.45) is 4.13. The van der Waals surface area contributed by atoms with Gasteiger partial charge in [0.15, 0.2) is 0 Å². The Bertz CT molecular complexity index is 200. The predicted molar refractivity (Wildman–Crippen MR) is 66.1 cm³/mol. The van der Waals surface area contributed by atoms with Gasteiger partial charge in [-0.1, -0.05) is 6.92 Å². The molecule has 1 aliphatic heterocycles. The summed E-state index contributed by atoms with van der Waals surface area (Å²) in [6.45, 7) is 7.08. The fourth-order valence-electron chi connectivity index (χ4n) is 2.23. The van der Waals surface area contributed by atoms with E-state index < -0.39 is 0 Å². The molecule has 0 aromatic carbocycles. The quantitative estimate of drug-likeness (QED) is 0.697. The number of hydrogen-bond donors (Lipinski definition) is 2. The topological polar surface area (TPSA) is 58.4 Å². The number of rotatable bonds is 6. The van der Waals surface area contributed by atoms with E-state index in [1.165, 1.54) is 32.5 Å². The van der Waals surface area contributed by atoms with Crippen LogP contribution in [0.25, 0.3) is 0 Å². The summed E-state index contributed by atoms with van der Waals surface area (Å²) < 4.78 is 0. The standard InChI is InChI=1S/C12H25N3O/c1-2-15-9-5-11(6-10-15)4-8-14-12(16)3-7-13/h11H,2-10,13H2,1H3,(H,14,16). The van der Waals surface area contributed by atoms with Gasteiger partial charge in [0, 0.05) is 19.5 Å². The first-order valence-corrected chi connectivity index (χ1v) is 6.45. The van der Waals surface area contributed by atoms with Crippen LogP contribution in [-0.2, 0) is 4.79 Å². The number of piperidine rings is 1. The average molecular weight is 227 g/mol. The molecule has 0 aromatic rings. The number of likely N-dealkylation sites (tertiary alicyclic amines) is 1. The molecule has 1 aliphatic rings. The Morgan fingerprint density at radius 2 is 2.12 bits per heavy atom. The first-order valence-electron chi connectivity index (χ1n) is 6.45. The highest BCUT2D eigenvalue weighted by Crippen LogP contribution is 2.19. The summed E-state index contributed by atoms with van der Waals surface area (Å²) in [5.74, 6) is 0.884. The molecule has 0 spiro atoms. The summed E-state index contributed by atoms with van der Waals surface area (Å²) in [4.78, 5) is 13.7. The number of carbonyl (C=O) groups is 1. The van der Waals surface area contributed by atoms with Gasteiger partial charge in [-0.2, -0.15) is 0 Å². The molecule has 16 heavy (non-hydrogen) atoms. The van der Waals surface area contributed by atoms with Gasteiger partial charge in [0.25, 0.3) is 0 Å². The molecule has 0 unspecified atom stereocenters. The van der Waals surface area contributed by atoms with Crippen molar-refractivity contribution in [2.45, 2.75) is 32.6 Å². The average Bonchev–Trinajstić information content (AvgIpc) is 2.30. The van der Waals surface area contributed by atoms with Gasteiger partial charge in [-0.05, 0) is 44.8 Å². The minimum absolute atomic E-state index is 0.0912. The molecule has 1 fully saturated rings. The third-order valence-corrected chi connectivity index (χ3v) is 3.40. The Kier molecular flexibility index (Phi) is 6.42. The van der Waals surface area contributed by atoms with Gasteiger partial charge in [0.2, 0.25) is 5.91 Å². The molecule has 3 N–H and O–H groups in total. The number of nitrogens with one attached hydrogen (secondary N) is 1. The largest absolute Gasteiger partial charge is 0.356 e. The van der Waals surface area contributed by atoms with Crippen LogP contribution in [0.15, 0.2) is 0 Å². The molecule has 0 saturated carbocycles. The third kappa shape index (κ3) is 4.94. The highest BCUT2D eigenvalue weighted by molar-refractivity contribution is 5.75. The predicted octanol–water partition coefficient (Wildman–Crippen LogP) is 0.573. The summed E-state index contributed by atoms with van der Waals surface area (Å²) >= 11 is 0. The Balaban J connectivity index is 2.04. The second kappa shape index (κ2) is 7.63. The molecule has 1 rings (SSSR count). The van der Waals surface area contributed by atoms with E-state index in [9.17, 15) is 4.79 Å². The summed E-state index contributed by atoms with van der Waals surface area (Å²) in [5.41, 5.74) is 5.31. The molecular weight excluding hydrogens is 202 g/mol. The van der Waals surface area contributed by atoms with Crippen molar-refractivity contribution in [3.05, 3.63) is 0 Å². The second-order valence-corrected chi connectivity index (χ2v) is 4.55. The van der Waals surface area contributed by atoms with Gasteiger partial charge in [-0.25, -0.2) is 0 Å². The molecule has 0 aliphatic carbocycles. The fourth-order valence-corrected chi connectivity index (χ4v) is 2.23. The van der Waals surface area contributed by atoms with Crippen LogP contribution in [0.5, 0.6) is 0 Å². The molecule has 1 saturated heterocycles. The van der Waals surface area contributed by atoms with E-state index in [4.69, 9.17) is 5.73 Å². The third-order valence-electron chi connectivity index (χ3n) is 3.40. The monoisotopic (exact) mass is 227 g/mol. The number of nitrogens with zero attached hydrogens (tertiary/aromatic N) is 1. The highest BCUT2D eigenvalue weighted by atomic mass is 16.1. The molecule has 4 nitrogen and oxygen atoms in total. The minimum Gasteiger partial charge on any atom is -0.356 e. The molecule has 0 bridgehead atoms. The maximum absolute atomic E-state index is 11.2. The van der Waals surface area contributed by atoms with E-state index in [0.717, 1.165) is 18.9 Å². The maximum atomic E-state index is 11.2. The van der Waals surface area contributed by atoms with Gasteiger partial charge in [0.05, 0.1) is 0 Å². The first kappa shape index (κ1) is 13.5. The van der Waals surface area contributed by atoms with Gasteiger partial charge < -0.3 is 16.0 Å². The van der Waals surface area contributed by atoms with Crippen molar-refractivity contribution in [3.8, 4) is 0 Å². The van der Waals surface area contributed by atoms with Crippen LogP contribution in [0.1, 0.15) is 32.6 Å². The molecular formula is C12H25N3O. The van der Waals surface area contributed by atoms with E-state index in [0.29, 0.717) is 13.0 Å². The second-order valence-electron chi connectivity index (χ2n) is 4.55. The van der Waals surface area contributed by atoms with E-state index in [-0.39, 0.29) is 5.91 Å². The van der Waals surface area contributed by atoms with Gasteiger partial charge in [0.1, 0.15) is 0 Å². The van der Waals surface area contributed by atoms with E-state index in [1.54, 1.807) is 0 Å². The van der Waals surface area contributed by atoms with Crippen LogP contribution < -0.4 is 11.1 Å². The molecule has 0 atom stereocenters. The van der Waals surface area contributed by atoms with Crippen molar-refractivity contribution in [3.63, 3.8) is 0 Å². The lowest BCUT2D eigenvalue weighted by Crippen LogP contribution is -2.35. The van der Waals surface area contributed by atoms with Crippen LogP contribution in [0.2, 0.25) is 0 Å². The Morgan fingerprint density at radius 3 is 2.69 bits per heavy atom. The molecule has 1 amide bonds. The number of nitrogens with two attached hydrogens (primary N) is 1. The van der Waals surface area contributed by atoms with Gasteiger partial charge >= 0.3 is 0 Å². The lowest BCUT2D eigenvalue weighted by Gasteiger charge is -2.31. The van der Waals surface area contributed by atoms with Crippen molar-refractivity contribution in [1.29, 1.82) is 0 Å². The van der Waals surface area contributed by atoms with Crippen LogP contribution in [-0.4, -0.2) is 43.5 Å². The Labute approximate surface area is 98.6 Å². The number of carbonyl (C=O) groups excluding carboxylic acids is 1. The van der Waals surface area contributed by atoms with Crippen LogP contribution in [0.3, 0.4) is 0 Å². The SMILES string of the molecule is CCN1CCC(CCNC(=O)CCN)CC1. The number of hydrogen-bond acceptors (Lipinski definition) is 3. The lowest BCUT2D eigenvalue weighted by molar-refractivity contribution is -0.120. The van der Waals surface area contributed by atoms with E-state index in [2.05, 4.69) is 17.1 Å². The van der Waals surface area contributed by atoms with E-state index in [1.807, 2.05) is 0 Å². The van der Waals surface area contributed by atoms with Gasteiger partial charge in [-0.3, -0.25) is 4.79 Å². The summed E-state index contributed by atoms with van der Waals surface area (Å²) in [6, 6.07) is 0. The van der Waals surface area contributed by atoms with Crippen molar-refractivity contribution < 1.29 is 4.79 Å². The zero-order valence-electron chi connectivity index (χ0n) is 10.4. The first-order chi connectivity index (χ1) is 7.76. The normalized spacial score (nSPS) is 18.6. The number of amides is 1. The summed E-state index contributed by atoms with van der Waals surface area (Å²) in [5, 5.41) is 2.92. The maximum Gasteiger partial charge on any atom is 0.221 e. The fraction of sp³-hybridized carbons (Fsp3) is 0.917. The van der Waals surface area contributed by atoms with Crippen LogP contribution >= 0.6 is 0 Å². The zero-order chi connectivity index (χ0) is 11.8. The highest BCUT2D eigenvalue weighted by Gasteiger charge is 2.17. The smallest absolute Gasteiger partial charge is 0.221 e. The van der Waals surface area contributed by atoms with Crippen LogP contribution in [0, 0.1) is 5.92 Å². The molecule has 94 valence electrons. The van der Waals surface area contributed by atoms with Crippen molar-refractivity contribution in [2.75, 3.05) is 32.7 Å². The van der Waals surface area contributed by atoms with Crippen LogP contribution in [0.4, 0.5) is 0 Å². The molecule has 1 heterocycles. The van der Waals surface area contributed by atoms with Crippen molar-refractivity contribution in [1.82, 2.24) is 10.2 Å². The van der Waals surface area contributed by atoms with Crippen molar-refractivity contribution >= 4 is 5.91 Å². The Hall–Kier alpha value is -0.610. The Morgan fingerprint density at radius 1 is 1.44 bits per heavy atom. The molecule has 0 radical (unpaired) electrons. The van der Waals surface area contributed by atoms with E-state index >= 15 is 0 Å². The molecule has 0 aromatic heterocycles. The van der Waals surface area contributed by atoms with Crippen molar-refractivity contribution in [2.24, 2.45) is 11.7 Å². The summed E-state index contributed by atoms with van der Waals surface area (Å²) in [7, 11) is 0. The minimum atomic E-state index is 0.0912. The van der Waals surface area contributed by atoms with Gasteiger partial charge in [-0.15, -0.1) is 0 Å². The molecule has 4 heteroatoms. The zero-order valence-corrected chi connectivity index (χ0v) is 10.4. The lowest BCUT2D eigenvalue weighted by atomic mass is 9.93.